The molecule has 0 fully saturated rings. The van der Waals surface area contributed by atoms with E-state index < -0.39 is 0 Å². The third-order valence-electron chi connectivity index (χ3n) is 12.3. The summed E-state index contributed by atoms with van der Waals surface area (Å²) in [6.45, 7) is 40.0. The van der Waals surface area contributed by atoms with E-state index in [4.69, 9.17) is 46.8 Å². The van der Waals surface area contributed by atoms with Crippen molar-refractivity contribution in [2.75, 3.05) is 28.7 Å². The lowest BCUT2D eigenvalue weighted by Gasteiger charge is -2.19. The van der Waals surface area contributed by atoms with Crippen molar-refractivity contribution < 1.29 is 18.1 Å². The Morgan fingerprint density at radius 2 is 0.932 bits per heavy atom. The largest absolute Gasteiger partial charge is 0.382 e. The van der Waals surface area contributed by atoms with Crippen molar-refractivity contribution in [3.8, 4) is 0 Å². The van der Waals surface area contributed by atoms with Gasteiger partial charge < -0.3 is 46.8 Å². The predicted octanol–water partition coefficient (Wildman–Crippen LogP) is 14.0. The van der Waals surface area contributed by atoms with E-state index in [0.717, 1.165) is 77.4 Å². The molecular formula is C57H76N12O4S. The maximum atomic E-state index is 5.79. The van der Waals surface area contributed by atoms with Crippen molar-refractivity contribution in [1.82, 2.24) is 35.0 Å². The lowest BCUT2D eigenvalue weighted by Crippen LogP contribution is -2.14. The van der Waals surface area contributed by atoms with E-state index in [9.17, 15) is 0 Å². The molecule has 0 radical (unpaired) electrons. The summed E-state index contributed by atoms with van der Waals surface area (Å²) in [5.74, 6) is 2.47. The zero-order valence-corrected chi connectivity index (χ0v) is 47.6. The van der Waals surface area contributed by atoms with E-state index >= 15 is 0 Å². The quantitative estimate of drug-likeness (QED) is 0.0944. The number of fused-ring (bicyclic) bond motifs is 5. The highest BCUT2D eigenvalue weighted by Gasteiger charge is 2.26. The molecule has 0 aliphatic rings. The summed E-state index contributed by atoms with van der Waals surface area (Å²) in [6.07, 6.45) is 1.82. The van der Waals surface area contributed by atoms with E-state index in [1.807, 2.05) is 51.2 Å². The summed E-state index contributed by atoms with van der Waals surface area (Å²) in [4.78, 5) is 8.90. The summed E-state index contributed by atoms with van der Waals surface area (Å²) < 4.78 is 26.5. The number of hydrogen-bond donors (Lipinski definition) is 5. The van der Waals surface area contributed by atoms with Crippen LogP contribution in [0.15, 0.2) is 72.8 Å². The van der Waals surface area contributed by atoms with Crippen LogP contribution in [0.25, 0.3) is 54.0 Å². The molecule has 394 valence electrons. The first-order valence-corrected chi connectivity index (χ1v) is 25.4. The number of aromatic nitrogens is 7. The zero-order valence-electron chi connectivity index (χ0n) is 46.8. The maximum absolute atomic E-state index is 5.79. The number of benzene rings is 3. The van der Waals surface area contributed by atoms with E-state index in [1.165, 1.54) is 27.4 Å². The van der Waals surface area contributed by atoms with Gasteiger partial charge in [-0.2, -0.15) is 4.37 Å². The lowest BCUT2D eigenvalue weighted by molar-refractivity contribution is 0.445. The molecule has 0 saturated carbocycles. The monoisotopic (exact) mass is 1020 g/mol. The van der Waals surface area contributed by atoms with Gasteiger partial charge in [0, 0.05) is 39.2 Å². The molecule has 10 aromatic rings. The molecule has 0 spiro atoms. The number of aryl methyl sites for hydroxylation is 4. The van der Waals surface area contributed by atoms with Gasteiger partial charge in [0.15, 0.2) is 45.6 Å². The Kier molecular flexibility index (Phi) is 15.6. The molecule has 7 heterocycles. The van der Waals surface area contributed by atoms with E-state index in [1.54, 1.807) is 0 Å². The highest BCUT2D eigenvalue weighted by atomic mass is 32.1. The fourth-order valence-corrected chi connectivity index (χ4v) is 9.45. The van der Waals surface area contributed by atoms with Crippen molar-refractivity contribution in [3.63, 3.8) is 0 Å². The third-order valence-corrected chi connectivity index (χ3v) is 13.2. The molecule has 10 rings (SSSR count). The van der Waals surface area contributed by atoms with Crippen molar-refractivity contribution >= 4 is 94.6 Å². The number of nitrogen functional groups attached to an aromatic ring is 5. The smallest absolute Gasteiger partial charge is 0.191 e. The van der Waals surface area contributed by atoms with Gasteiger partial charge in [-0.05, 0) is 95.9 Å². The third kappa shape index (κ3) is 12.0. The molecule has 0 unspecified atom stereocenters. The molecule has 17 heteroatoms. The van der Waals surface area contributed by atoms with E-state index in [0.29, 0.717) is 40.3 Å². The second kappa shape index (κ2) is 20.6. The molecule has 0 aliphatic carbocycles. The molecule has 16 nitrogen and oxygen atoms in total. The number of rotatable bonds is 0. The van der Waals surface area contributed by atoms with Crippen molar-refractivity contribution in [2.24, 2.45) is 0 Å². The van der Waals surface area contributed by atoms with E-state index in [-0.39, 0.29) is 27.1 Å². The van der Waals surface area contributed by atoms with Crippen LogP contribution in [0, 0.1) is 27.7 Å². The number of hydrogen-bond acceptors (Lipinski definition) is 17. The number of nitrogens with two attached hydrogens (primary N) is 5. The summed E-state index contributed by atoms with van der Waals surface area (Å²) in [5.41, 5.74) is 41.6. The minimum atomic E-state index is -0.0732. The van der Waals surface area contributed by atoms with Gasteiger partial charge >= 0.3 is 0 Å². The summed E-state index contributed by atoms with van der Waals surface area (Å²) in [5, 5.41) is 19.9. The van der Waals surface area contributed by atoms with Crippen LogP contribution in [-0.4, -0.2) is 35.0 Å². The van der Waals surface area contributed by atoms with Crippen molar-refractivity contribution in [3.05, 3.63) is 105 Å². The summed E-state index contributed by atoms with van der Waals surface area (Å²) in [6, 6.07) is 16.4. The molecule has 0 saturated heterocycles. The van der Waals surface area contributed by atoms with Gasteiger partial charge in [0.2, 0.25) is 0 Å². The molecule has 0 bridgehead atoms. The Hall–Kier alpha value is -7.27. The Balaban J connectivity index is 0.000000151. The molecule has 7 aromatic heterocycles. The molecule has 0 aliphatic heterocycles. The second-order valence-electron chi connectivity index (χ2n) is 24.1. The van der Waals surface area contributed by atoms with Crippen LogP contribution in [0.1, 0.15) is 154 Å². The van der Waals surface area contributed by atoms with Crippen LogP contribution in [0.4, 0.5) is 29.1 Å². The van der Waals surface area contributed by atoms with Gasteiger partial charge in [-0.25, -0.2) is 0 Å². The fraction of sp³-hybridized carbons (Fsp3) is 0.421. The standard InChI is InChI=1S/2C12H16N2O.2C11H15N3O.C11H14N2S/c1-7-5-8-10(15-14-11(8)13)9(6-7)12(2,3)4;1-7-5-6-8(12(2,3)4)10-9(7)11(13)14-15-10;1-6-5-13-9(11(2,3)4)8-7(6)10(12)14-15-8;1-6-5-7-8(15-14-10(7)12)9(13-6)11(2,3)4;1-11(2,3)8-6-4-5-7-9(8)14-13-10(7)12/h2*5-6H,1-4H3,(H2,13,14);2*5H,1-4H3,(H2,12,14);4-6H,1-3H3,(H2,12,13). The van der Waals surface area contributed by atoms with Gasteiger partial charge in [-0.1, -0.05) is 155 Å². The molecule has 10 N–H and O–H groups in total. The zero-order chi connectivity index (χ0) is 55.2. The first-order valence-electron chi connectivity index (χ1n) is 24.6. The average molecular weight is 1030 g/mol. The van der Waals surface area contributed by atoms with Gasteiger partial charge in [0.05, 0.1) is 37.6 Å². The van der Waals surface area contributed by atoms with Crippen molar-refractivity contribution in [1.29, 1.82) is 0 Å². The Morgan fingerprint density at radius 3 is 1.49 bits per heavy atom. The van der Waals surface area contributed by atoms with Crippen LogP contribution >= 0.6 is 11.5 Å². The topological polar surface area (TPSA) is 273 Å². The molecule has 0 amide bonds. The van der Waals surface area contributed by atoms with Gasteiger partial charge in [0.25, 0.3) is 0 Å². The highest BCUT2D eigenvalue weighted by Crippen LogP contribution is 2.38. The maximum Gasteiger partial charge on any atom is 0.191 e. The van der Waals surface area contributed by atoms with E-state index in [2.05, 4.69) is 170 Å². The number of nitrogens with zero attached hydrogens (tertiary/aromatic N) is 7. The number of pyridine rings is 2. The lowest BCUT2D eigenvalue weighted by atomic mass is 9.85. The highest BCUT2D eigenvalue weighted by molar-refractivity contribution is 7.14. The Bertz CT molecular complexity index is 3410. The van der Waals surface area contributed by atoms with Gasteiger partial charge in [-0.3, -0.25) is 9.97 Å². The SMILES string of the molecule is CC(C)(C)c1cccc2c(N)nsc12.Cc1cc(C(C)(C)C)c2onc(N)c2c1.Cc1cc2c(N)noc2c(C(C)(C)C)n1.Cc1ccc(C(C)(C)C)c2onc(N)c12.Cc1cnc(C(C)(C)C)c2onc(N)c12. The second-order valence-corrected chi connectivity index (χ2v) is 24.9. The Labute approximate surface area is 438 Å². The van der Waals surface area contributed by atoms with Crippen LogP contribution in [0.3, 0.4) is 0 Å². The summed E-state index contributed by atoms with van der Waals surface area (Å²) in [7, 11) is 0. The molecule has 74 heavy (non-hydrogen) atoms. The first-order chi connectivity index (χ1) is 34.1. The molecule has 3 aromatic carbocycles. The minimum absolute atomic E-state index is 0.0379. The van der Waals surface area contributed by atoms with Crippen LogP contribution < -0.4 is 28.7 Å². The normalized spacial score (nSPS) is 12.3. The molecular weight excluding hydrogens is 949 g/mol. The predicted molar refractivity (Wildman–Crippen MR) is 306 cm³/mol. The fourth-order valence-electron chi connectivity index (χ4n) is 8.42. The van der Waals surface area contributed by atoms with Crippen LogP contribution in [0.5, 0.6) is 0 Å². The minimum Gasteiger partial charge on any atom is -0.382 e. The van der Waals surface area contributed by atoms with Crippen LogP contribution in [0.2, 0.25) is 0 Å². The molecule has 0 atom stereocenters. The van der Waals surface area contributed by atoms with Gasteiger partial charge in [-0.15, -0.1) is 0 Å². The van der Waals surface area contributed by atoms with Crippen molar-refractivity contribution in [2.45, 2.75) is 159 Å². The van der Waals surface area contributed by atoms with Crippen LogP contribution in [-0.2, 0) is 27.1 Å². The van der Waals surface area contributed by atoms with Gasteiger partial charge in [0.1, 0.15) is 5.82 Å². The first kappa shape index (κ1) is 56.0. The Morgan fingerprint density at radius 1 is 0.432 bits per heavy atom. The number of anilines is 5. The average Bonchev–Trinajstić information content (AvgIpc) is 4.13. The summed E-state index contributed by atoms with van der Waals surface area (Å²) >= 11 is 1.49.